The molecule has 0 fully saturated rings. The van der Waals surface area contributed by atoms with E-state index >= 15 is 0 Å². The van der Waals surface area contributed by atoms with E-state index in [0.29, 0.717) is 10.6 Å². The summed E-state index contributed by atoms with van der Waals surface area (Å²) >= 11 is 8.72. The van der Waals surface area contributed by atoms with Crippen LogP contribution in [-0.4, -0.2) is 40.3 Å². The van der Waals surface area contributed by atoms with Crippen molar-refractivity contribution in [2.24, 2.45) is 0 Å². The van der Waals surface area contributed by atoms with Crippen LogP contribution in [0.15, 0.2) is 22.5 Å². The third-order valence-corrected chi connectivity index (χ3v) is 5.49. The van der Waals surface area contributed by atoms with Crippen LogP contribution in [0.2, 0.25) is 5.02 Å². The van der Waals surface area contributed by atoms with Gasteiger partial charge in [0.1, 0.15) is 5.82 Å². The molecule has 1 aromatic carbocycles. The summed E-state index contributed by atoms with van der Waals surface area (Å²) in [5.41, 5.74) is 0.321. The van der Waals surface area contributed by atoms with Gasteiger partial charge in [-0.15, -0.1) is 10.2 Å². The second-order valence-electron chi connectivity index (χ2n) is 5.04. The fourth-order valence-electron chi connectivity index (χ4n) is 1.81. The number of hydrogen-bond acceptors (Lipinski definition) is 6. The van der Waals surface area contributed by atoms with E-state index in [1.54, 1.807) is 19.2 Å². The van der Waals surface area contributed by atoms with Crippen molar-refractivity contribution in [2.45, 2.75) is 24.2 Å². The largest absolute Gasteiger partial charge is 0.360 e. The monoisotopic (exact) mass is 388 g/mol. The predicted octanol–water partition coefficient (Wildman–Crippen LogP) is 3.90. The second-order valence-corrected chi connectivity index (χ2v) is 7.65. The summed E-state index contributed by atoms with van der Waals surface area (Å²) in [6.07, 6.45) is 1.00. The molecule has 0 saturated heterocycles. The highest BCUT2D eigenvalue weighted by Gasteiger charge is 2.15. The van der Waals surface area contributed by atoms with E-state index in [0.717, 1.165) is 22.4 Å². The molecule has 0 saturated carbocycles. The summed E-state index contributed by atoms with van der Waals surface area (Å²) in [7, 11) is 1.62. The molecule has 130 valence electrons. The number of anilines is 1. The lowest BCUT2D eigenvalue weighted by atomic mass is 10.2. The van der Waals surface area contributed by atoms with Crippen molar-refractivity contribution in [1.29, 1.82) is 0 Å². The highest BCUT2D eigenvalue weighted by molar-refractivity contribution is 8.01. The van der Waals surface area contributed by atoms with E-state index < -0.39 is 5.82 Å². The third kappa shape index (κ3) is 5.32. The number of aromatic nitrogens is 2. The van der Waals surface area contributed by atoms with Crippen LogP contribution in [0.25, 0.3) is 0 Å². The highest BCUT2D eigenvalue weighted by Crippen LogP contribution is 2.26. The normalized spacial score (nSPS) is 10.7. The number of benzene rings is 1. The zero-order valence-corrected chi connectivity index (χ0v) is 15.8. The maximum atomic E-state index is 13.8. The van der Waals surface area contributed by atoms with E-state index in [-0.39, 0.29) is 18.2 Å². The smallest absolute Gasteiger partial charge is 0.233 e. The minimum absolute atomic E-state index is 0.127. The van der Waals surface area contributed by atoms with Crippen LogP contribution in [-0.2, 0) is 11.3 Å². The second kappa shape index (κ2) is 9.19. The number of carbonyl (C=O) groups excluding carboxylic acids is 1. The van der Waals surface area contributed by atoms with Gasteiger partial charge in [-0.1, -0.05) is 47.7 Å². The standard InChI is InChI=1S/C15H18ClFN4OS2/c1-3-7-18-14-19-20-15(24-14)23-9-13(22)21(2)8-10-11(16)5-4-6-12(10)17/h4-6H,3,7-9H2,1-2H3,(H,18,19). The van der Waals surface area contributed by atoms with Gasteiger partial charge in [0.2, 0.25) is 11.0 Å². The summed E-state index contributed by atoms with van der Waals surface area (Å²) in [6, 6.07) is 4.48. The number of rotatable bonds is 8. The Morgan fingerprint density at radius 1 is 1.46 bits per heavy atom. The average Bonchev–Trinajstić information content (AvgIpc) is 3.02. The Labute approximate surface area is 153 Å². The van der Waals surface area contributed by atoms with Crippen LogP contribution in [0.5, 0.6) is 0 Å². The van der Waals surface area contributed by atoms with Crippen molar-refractivity contribution >= 4 is 45.7 Å². The Balaban J connectivity index is 1.86. The van der Waals surface area contributed by atoms with Crippen molar-refractivity contribution in [3.63, 3.8) is 0 Å². The lowest BCUT2D eigenvalue weighted by molar-refractivity contribution is -0.127. The first-order valence-corrected chi connectivity index (χ1v) is 9.56. The van der Waals surface area contributed by atoms with Gasteiger partial charge < -0.3 is 10.2 Å². The zero-order chi connectivity index (χ0) is 17.5. The first kappa shape index (κ1) is 19.0. The van der Waals surface area contributed by atoms with Gasteiger partial charge in [-0.25, -0.2) is 4.39 Å². The molecule has 1 heterocycles. The van der Waals surface area contributed by atoms with Crippen molar-refractivity contribution in [2.75, 3.05) is 24.7 Å². The molecule has 2 rings (SSSR count). The fourth-order valence-corrected chi connectivity index (χ4v) is 3.75. The van der Waals surface area contributed by atoms with E-state index in [1.807, 2.05) is 0 Å². The lowest BCUT2D eigenvalue weighted by Gasteiger charge is -2.18. The predicted molar refractivity (Wildman–Crippen MR) is 97.3 cm³/mol. The lowest BCUT2D eigenvalue weighted by Crippen LogP contribution is -2.28. The molecule has 1 amide bonds. The molecule has 0 aliphatic carbocycles. The van der Waals surface area contributed by atoms with Gasteiger partial charge in [0.25, 0.3) is 0 Å². The molecule has 0 spiro atoms. The van der Waals surface area contributed by atoms with Gasteiger partial charge in [0, 0.05) is 30.7 Å². The first-order valence-electron chi connectivity index (χ1n) is 7.38. The summed E-state index contributed by atoms with van der Waals surface area (Å²) in [6.45, 7) is 3.04. The first-order chi connectivity index (χ1) is 11.5. The minimum atomic E-state index is -0.412. The number of halogens is 2. The molecule has 0 atom stereocenters. The summed E-state index contributed by atoms with van der Waals surface area (Å²) in [4.78, 5) is 13.7. The zero-order valence-electron chi connectivity index (χ0n) is 13.4. The minimum Gasteiger partial charge on any atom is -0.360 e. The molecule has 1 aromatic heterocycles. The molecular formula is C15H18ClFN4OS2. The Morgan fingerprint density at radius 3 is 2.96 bits per heavy atom. The SMILES string of the molecule is CCCNc1nnc(SCC(=O)N(C)Cc2c(F)cccc2Cl)s1. The molecule has 2 aromatic rings. The Morgan fingerprint density at radius 2 is 2.25 bits per heavy atom. The quantitative estimate of drug-likeness (QED) is 0.695. The molecule has 1 N–H and O–H groups in total. The maximum absolute atomic E-state index is 13.8. The fraction of sp³-hybridized carbons (Fsp3) is 0.400. The Kier molecular flexibility index (Phi) is 7.26. The molecular weight excluding hydrogens is 371 g/mol. The number of nitrogens with zero attached hydrogens (tertiary/aromatic N) is 3. The number of amides is 1. The van der Waals surface area contributed by atoms with Crippen LogP contribution in [0.1, 0.15) is 18.9 Å². The Bertz CT molecular complexity index is 678. The van der Waals surface area contributed by atoms with Gasteiger partial charge in [-0.2, -0.15) is 0 Å². The summed E-state index contributed by atoms with van der Waals surface area (Å²) in [5, 5.41) is 12.3. The van der Waals surface area contributed by atoms with Crippen molar-refractivity contribution in [1.82, 2.24) is 15.1 Å². The van der Waals surface area contributed by atoms with Crippen LogP contribution < -0.4 is 5.32 Å². The molecule has 0 bridgehead atoms. The number of carbonyl (C=O) groups is 1. The molecule has 0 radical (unpaired) electrons. The third-order valence-electron chi connectivity index (χ3n) is 3.13. The van der Waals surface area contributed by atoms with Gasteiger partial charge in [0.15, 0.2) is 4.34 Å². The van der Waals surface area contributed by atoms with Crippen molar-refractivity contribution in [3.8, 4) is 0 Å². The summed E-state index contributed by atoms with van der Waals surface area (Å²) in [5.74, 6) is -0.325. The highest BCUT2D eigenvalue weighted by atomic mass is 35.5. The van der Waals surface area contributed by atoms with Crippen LogP contribution in [0, 0.1) is 5.82 Å². The molecule has 0 unspecified atom stereocenters. The molecule has 24 heavy (non-hydrogen) atoms. The molecule has 9 heteroatoms. The summed E-state index contributed by atoms with van der Waals surface area (Å²) < 4.78 is 14.5. The van der Waals surface area contributed by atoms with E-state index in [2.05, 4.69) is 22.4 Å². The van der Waals surface area contributed by atoms with Crippen LogP contribution in [0.4, 0.5) is 9.52 Å². The van der Waals surface area contributed by atoms with Crippen molar-refractivity contribution in [3.05, 3.63) is 34.6 Å². The topological polar surface area (TPSA) is 58.1 Å². The van der Waals surface area contributed by atoms with Crippen LogP contribution >= 0.6 is 34.7 Å². The number of hydrogen-bond donors (Lipinski definition) is 1. The Hall–Kier alpha value is -1.38. The maximum Gasteiger partial charge on any atom is 0.233 e. The molecule has 5 nitrogen and oxygen atoms in total. The van der Waals surface area contributed by atoms with E-state index in [4.69, 9.17) is 11.6 Å². The number of thioether (sulfide) groups is 1. The van der Waals surface area contributed by atoms with Gasteiger partial charge in [-0.05, 0) is 18.6 Å². The van der Waals surface area contributed by atoms with Gasteiger partial charge in [0.05, 0.1) is 5.75 Å². The van der Waals surface area contributed by atoms with E-state index in [9.17, 15) is 9.18 Å². The molecule has 0 aliphatic rings. The molecule has 0 aliphatic heterocycles. The average molecular weight is 389 g/mol. The van der Waals surface area contributed by atoms with Gasteiger partial charge >= 0.3 is 0 Å². The van der Waals surface area contributed by atoms with Crippen molar-refractivity contribution < 1.29 is 9.18 Å². The van der Waals surface area contributed by atoms with E-state index in [1.165, 1.54) is 34.1 Å². The number of nitrogens with one attached hydrogen (secondary N) is 1. The van der Waals surface area contributed by atoms with Crippen LogP contribution in [0.3, 0.4) is 0 Å². The van der Waals surface area contributed by atoms with Gasteiger partial charge in [-0.3, -0.25) is 4.79 Å².